The Morgan fingerprint density at radius 1 is 1.22 bits per heavy atom. The van der Waals surface area contributed by atoms with E-state index in [0.29, 0.717) is 5.56 Å². The Balaban J connectivity index is 1.78. The van der Waals surface area contributed by atoms with Gasteiger partial charge in [-0.2, -0.15) is 13.2 Å². The molecule has 0 saturated carbocycles. The normalized spacial score (nSPS) is 11.9. The number of thioether (sulfide) groups is 1. The summed E-state index contributed by atoms with van der Waals surface area (Å²) in [5, 5.41) is 7.69. The maximum absolute atomic E-state index is 13.0. The molecule has 2 heterocycles. The quantitative estimate of drug-likeness (QED) is 0.405. The van der Waals surface area contributed by atoms with Crippen molar-refractivity contribution >= 4 is 34.8 Å². The van der Waals surface area contributed by atoms with Gasteiger partial charge in [-0.3, -0.25) is 9.20 Å². The number of aromatic nitrogens is 3. The number of hydrogen-bond donors (Lipinski definition) is 0. The Labute approximate surface area is 162 Å². The lowest BCUT2D eigenvalue weighted by atomic mass is 10.1. The van der Waals surface area contributed by atoms with Crippen LogP contribution < -0.4 is 0 Å². The SMILES string of the molecule is CCCc1ccc(C(=O)CSc2nnc3c(Cl)cc(C(F)(F)F)cn23)cc1. The first-order valence-electron chi connectivity index (χ1n) is 8.16. The van der Waals surface area contributed by atoms with Crippen LogP contribution in [0.25, 0.3) is 5.65 Å². The number of fused-ring (bicyclic) bond motifs is 1. The van der Waals surface area contributed by atoms with Crippen molar-refractivity contribution < 1.29 is 18.0 Å². The molecule has 0 radical (unpaired) electrons. The van der Waals surface area contributed by atoms with Crippen molar-refractivity contribution in [2.24, 2.45) is 0 Å². The summed E-state index contributed by atoms with van der Waals surface area (Å²) in [7, 11) is 0. The van der Waals surface area contributed by atoms with Crippen molar-refractivity contribution in [2.75, 3.05) is 5.75 Å². The molecule has 0 N–H and O–H groups in total. The first kappa shape index (κ1) is 19.7. The second-order valence-electron chi connectivity index (χ2n) is 5.91. The topological polar surface area (TPSA) is 47.3 Å². The third-order valence-corrected chi connectivity index (χ3v) is 5.12. The van der Waals surface area contributed by atoms with E-state index in [1.165, 1.54) is 0 Å². The first-order valence-corrected chi connectivity index (χ1v) is 9.52. The number of halogens is 4. The highest BCUT2D eigenvalue weighted by Gasteiger charge is 2.32. The van der Waals surface area contributed by atoms with Crippen molar-refractivity contribution in [3.63, 3.8) is 0 Å². The maximum Gasteiger partial charge on any atom is 0.417 e. The van der Waals surface area contributed by atoms with Gasteiger partial charge in [-0.25, -0.2) is 0 Å². The zero-order valence-corrected chi connectivity index (χ0v) is 15.8. The van der Waals surface area contributed by atoms with Gasteiger partial charge in [-0.15, -0.1) is 10.2 Å². The van der Waals surface area contributed by atoms with Crippen LogP contribution in [0.15, 0.2) is 41.7 Å². The van der Waals surface area contributed by atoms with Crippen molar-refractivity contribution in [2.45, 2.75) is 31.1 Å². The van der Waals surface area contributed by atoms with E-state index in [1.54, 1.807) is 12.1 Å². The van der Waals surface area contributed by atoms with E-state index in [2.05, 4.69) is 17.1 Å². The largest absolute Gasteiger partial charge is 0.417 e. The van der Waals surface area contributed by atoms with E-state index >= 15 is 0 Å². The third kappa shape index (κ3) is 4.44. The molecule has 0 bridgehead atoms. The van der Waals surface area contributed by atoms with Crippen molar-refractivity contribution in [1.82, 2.24) is 14.6 Å². The Bertz CT molecular complexity index is 970. The van der Waals surface area contributed by atoms with E-state index < -0.39 is 11.7 Å². The number of benzene rings is 1. The van der Waals surface area contributed by atoms with Crippen LogP contribution in [0.3, 0.4) is 0 Å². The molecule has 9 heteroatoms. The number of rotatable bonds is 6. The number of carbonyl (C=O) groups is 1. The lowest BCUT2D eigenvalue weighted by Gasteiger charge is -2.08. The Morgan fingerprint density at radius 3 is 2.56 bits per heavy atom. The molecule has 142 valence electrons. The molecule has 0 aliphatic heterocycles. The Kier molecular flexibility index (Phi) is 5.76. The zero-order valence-electron chi connectivity index (χ0n) is 14.3. The predicted molar refractivity (Wildman–Crippen MR) is 98.5 cm³/mol. The summed E-state index contributed by atoms with van der Waals surface area (Å²) >= 11 is 6.90. The summed E-state index contributed by atoms with van der Waals surface area (Å²) in [5.74, 6) is -0.111. The number of Topliss-reactive ketones (excluding diaryl/α,β-unsaturated/α-hetero) is 1. The van der Waals surface area contributed by atoms with E-state index in [4.69, 9.17) is 11.6 Å². The van der Waals surface area contributed by atoms with Crippen LogP contribution in [0.2, 0.25) is 5.02 Å². The molecule has 0 aliphatic rings. The first-order chi connectivity index (χ1) is 12.8. The Hall–Kier alpha value is -2.06. The number of aryl methyl sites for hydroxylation is 1. The van der Waals surface area contributed by atoms with Gasteiger partial charge < -0.3 is 0 Å². The standard InChI is InChI=1S/C18H15ClF3N3OS/c1-2-3-11-4-6-12(7-5-11)15(26)10-27-17-24-23-16-14(19)8-13(9-25(16)17)18(20,21)22/h4-9H,2-3,10H2,1H3. The van der Waals surface area contributed by atoms with Gasteiger partial charge in [0.15, 0.2) is 16.6 Å². The number of nitrogens with zero attached hydrogens (tertiary/aromatic N) is 3. The number of alkyl halides is 3. The molecule has 0 unspecified atom stereocenters. The van der Waals surface area contributed by atoms with Gasteiger partial charge in [-0.1, -0.05) is 61.0 Å². The summed E-state index contributed by atoms with van der Waals surface area (Å²) in [4.78, 5) is 12.4. The van der Waals surface area contributed by atoms with Crippen LogP contribution >= 0.6 is 23.4 Å². The van der Waals surface area contributed by atoms with E-state index in [9.17, 15) is 18.0 Å². The fourth-order valence-electron chi connectivity index (χ4n) is 2.55. The molecule has 1 aromatic carbocycles. The summed E-state index contributed by atoms with van der Waals surface area (Å²) in [6.45, 7) is 2.08. The highest BCUT2D eigenvalue weighted by Crippen LogP contribution is 2.33. The van der Waals surface area contributed by atoms with Gasteiger partial charge in [0.05, 0.1) is 16.3 Å². The molecule has 0 aliphatic carbocycles. The molecule has 2 aromatic heterocycles. The van der Waals surface area contributed by atoms with Gasteiger partial charge >= 0.3 is 6.18 Å². The zero-order chi connectivity index (χ0) is 19.6. The molecule has 0 atom stereocenters. The van der Waals surface area contributed by atoms with Crippen LogP contribution in [-0.2, 0) is 12.6 Å². The summed E-state index contributed by atoms with van der Waals surface area (Å²) in [6, 6.07) is 8.14. The van der Waals surface area contributed by atoms with Gasteiger partial charge in [0.25, 0.3) is 0 Å². The molecule has 27 heavy (non-hydrogen) atoms. The van der Waals surface area contributed by atoms with Gasteiger partial charge in [0, 0.05) is 11.8 Å². The minimum absolute atomic E-state index is 0.0295. The minimum Gasteiger partial charge on any atom is -0.293 e. The predicted octanol–water partition coefficient (Wildman–Crippen LogP) is 5.33. The monoisotopic (exact) mass is 413 g/mol. The third-order valence-electron chi connectivity index (χ3n) is 3.90. The summed E-state index contributed by atoms with van der Waals surface area (Å²) in [5.41, 5.74) is 0.910. The molecule has 4 nitrogen and oxygen atoms in total. The lowest BCUT2D eigenvalue weighted by Crippen LogP contribution is -2.07. The van der Waals surface area contributed by atoms with Crippen molar-refractivity contribution in [1.29, 1.82) is 0 Å². The van der Waals surface area contributed by atoms with Crippen LogP contribution in [-0.4, -0.2) is 26.1 Å². The molecule has 0 amide bonds. The molecule has 0 spiro atoms. The van der Waals surface area contributed by atoms with Crippen LogP contribution in [0, 0.1) is 0 Å². The number of ketones is 1. The molecule has 3 rings (SSSR count). The van der Waals surface area contributed by atoms with Gasteiger partial charge in [0.2, 0.25) is 0 Å². The molecular weight excluding hydrogens is 399 g/mol. The number of carbonyl (C=O) groups excluding carboxylic acids is 1. The average molecular weight is 414 g/mol. The van der Waals surface area contributed by atoms with Crippen molar-refractivity contribution in [3.05, 3.63) is 58.2 Å². The fourth-order valence-corrected chi connectivity index (χ4v) is 3.60. The summed E-state index contributed by atoms with van der Waals surface area (Å²) in [6.07, 6.45) is -1.70. The fraction of sp³-hybridized carbons (Fsp3) is 0.278. The number of hydrogen-bond acceptors (Lipinski definition) is 4. The highest BCUT2D eigenvalue weighted by atomic mass is 35.5. The molecule has 3 aromatic rings. The number of pyridine rings is 1. The van der Waals surface area contributed by atoms with Crippen LogP contribution in [0.4, 0.5) is 13.2 Å². The van der Waals surface area contributed by atoms with Crippen LogP contribution in [0.1, 0.15) is 34.8 Å². The molecule has 0 saturated heterocycles. The van der Waals surface area contributed by atoms with Gasteiger partial charge in [0.1, 0.15) is 0 Å². The van der Waals surface area contributed by atoms with Gasteiger partial charge in [-0.05, 0) is 18.1 Å². The lowest BCUT2D eigenvalue weighted by molar-refractivity contribution is -0.137. The van der Waals surface area contributed by atoms with E-state index in [1.807, 2.05) is 12.1 Å². The van der Waals surface area contributed by atoms with Crippen LogP contribution in [0.5, 0.6) is 0 Å². The average Bonchev–Trinajstić information content (AvgIpc) is 3.03. The smallest absolute Gasteiger partial charge is 0.293 e. The van der Waals surface area contributed by atoms with E-state index in [-0.39, 0.29) is 27.4 Å². The minimum atomic E-state index is -4.54. The second kappa shape index (κ2) is 7.90. The molecule has 0 fully saturated rings. The highest BCUT2D eigenvalue weighted by molar-refractivity contribution is 7.99. The second-order valence-corrected chi connectivity index (χ2v) is 7.26. The molecular formula is C18H15ClF3N3OS. The summed E-state index contributed by atoms with van der Waals surface area (Å²) < 4.78 is 40.1. The maximum atomic E-state index is 13.0. The van der Waals surface area contributed by atoms with Crippen molar-refractivity contribution in [3.8, 4) is 0 Å². The Morgan fingerprint density at radius 2 is 1.93 bits per heavy atom. The van der Waals surface area contributed by atoms with E-state index in [0.717, 1.165) is 46.8 Å².